The molecule has 3 aromatic rings. The lowest BCUT2D eigenvalue weighted by molar-refractivity contribution is -0.136. The van der Waals surface area contributed by atoms with Crippen LogP contribution < -0.4 is 0 Å². The molecule has 4 heteroatoms. The van der Waals surface area contributed by atoms with Crippen LogP contribution in [-0.2, 0) is 12.6 Å². The third-order valence-corrected chi connectivity index (χ3v) is 3.42. The van der Waals surface area contributed by atoms with Crippen LogP contribution in [0.1, 0.15) is 18.2 Å². The molecule has 2 aromatic carbocycles. The van der Waals surface area contributed by atoms with Crippen LogP contribution in [0.4, 0.5) is 13.2 Å². The van der Waals surface area contributed by atoms with Gasteiger partial charge in [0.15, 0.2) is 0 Å². The van der Waals surface area contributed by atoms with Crippen molar-refractivity contribution in [3.05, 3.63) is 53.7 Å². The number of rotatable bonds is 1. The minimum absolute atomic E-state index is 0.161. The van der Waals surface area contributed by atoms with Gasteiger partial charge in [-0.25, -0.2) is 0 Å². The van der Waals surface area contributed by atoms with Gasteiger partial charge >= 0.3 is 6.18 Å². The van der Waals surface area contributed by atoms with Crippen molar-refractivity contribution < 1.29 is 13.2 Å². The molecule has 0 spiro atoms. The summed E-state index contributed by atoms with van der Waals surface area (Å²) in [4.78, 5) is 4.40. The molecule has 0 bridgehead atoms. The third kappa shape index (κ3) is 2.01. The highest BCUT2D eigenvalue weighted by Gasteiger charge is 2.33. The van der Waals surface area contributed by atoms with Gasteiger partial charge in [-0.3, -0.25) is 4.98 Å². The van der Waals surface area contributed by atoms with E-state index in [1.165, 1.54) is 6.07 Å². The molecule has 0 amide bonds. The molecule has 0 aliphatic heterocycles. The lowest BCUT2D eigenvalue weighted by Crippen LogP contribution is -2.08. The Morgan fingerprint density at radius 2 is 1.75 bits per heavy atom. The molecule has 1 aromatic heterocycles. The molecule has 1 nitrogen and oxygen atoms in total. The van der Waals surface area contributed by atoms with Crippen LogP contribution in [0.25, 0.3) is 21.7 Å². The van der Waals surface area contributed by atoms with Gasteiger partial charge in [-0.1, -0.05) is 43.3 Å². The van der Waals surface area contributed by atoms with Crippen molar-refractivity contribution in [1.29, 1.82) is 0 Å². The largest absolute Gasteiger partial charge is 0.417 e. The summed E-state index contributed by atoms with van der Waals surface area (Å²) in [5.41, 5.74) is 0.279. The fourth-order valence-electron chi connectivity index (χ4n) is 2.43. The number of benzene rings is 2. The Kier molecular flexibility index (Phi) is 2.89. The van der Waals surface area contributed by atoms with Crippen LogP contribution >= 0.6 is 0 Å². The maximum Gasteiger partial charge on any atom is 0.417 e. The van der Waals surface area contributed by atoms with E-state index in [1.54, 1.807) is 13.0 Å². The van der Waals surface area contributed by atoms with Gasteiger partial charge in [0.25, 0.3) is 0 Å². The Balaban J connectivity index is 2.49. The highest BCUT2D eigenvalue weighted by atomic mass is 19.4. The van der Waals surface area contributed by atoms with Gasteiger partial charge in [-0.2, -0.15) is 13.2 Å². The molecule has 20 heavy (non-hydrogen) atoms. The highest BCUT2D eigenvalue weighted by Crippen LogP contribution is 2.37. The Morgan fingerprint density at radius 1 is 1.00 bits per heavy atom. The third-order valence-electron chi connectivity index (χ3n) is 3.42. The van der Waals surface area contributed by atoms with E-state index in [1.807, 2.05) is 24.3 Å². The summed E-state index contributed by atoms with van der Waals surface area (Å²) in [6.07, 6.45) is -3.89. The molecule has 3 rings (SSSR count). The first-order valence-electron chi connectivity index (χ1n) is 6.39. The molecule has 0 fully saturated rings. The molecule has 0 saturated carbocycles. The van der Waals surface area contributed by atoms with Crippen molar-refractivity contribution in [1.82, 2.24) is 4.98 Å². The summed E-state index contributed by atoms with van der Waals surface area (Å²) < 4.78 is 39.6. The number of nitrogens with zero attached hydrogens (tertiary/aromatic N) is 1. The van der Waals surface area contributed by atoms with Crippen LogP contribution in [0.15, 0.2) is 42.5 Å². The second-order valence-corrected chi connectivity index (χ2v) is 4.70. The van der Waals surface area contributed by atoms with Gasteiger partial charge in [0.1, 0.15) is 0 Å². The zero-order valence-electron chi connectivity index (χ0n) is 10.8. The fourth-order valence-corrected chi connectivity index (χ4v) is 2.43. The van der Waals surface area contributed by atoms with Crippen LogP contribution in [0.2, 0.25) is 0 Å². The van der Waals surface area contributed by atoms with Crippen molar-refractivity contribution in [3.63, 3.8) is 0 Å². The maximum absolute atomic E-state index is 13.2. The quantitative estimate of drug-likeness (QED) is 0.571. The van der Waals surface area contributed by atoms with E-state index >= 15 is 0 Å². The number of alkyl halides is 3. The molecule has 102 valence electrons. The molecule has 0 saturated heterocycles. The predicted octanol–water partition coefficient (Wildman–Crippen LogP) is 4.97. The zero-order valence-corrected chi connectivity index (χ0v) is 10.8. The second-order valence-electron chi connectivity index (χ2n) is 4.70. The summed E-state index contributed by atoms with van der Waals surface area (Å²) in [5.74, 6) is 0. The van der Waals surface area contributed by atoms with E-state index in [2.05, 4.69) is 4.98 Å². The summed E-state index contributed by atoms with van der Waals surface area (Å²) >= 11 is 0. The number of halogens is 3. The van der Waals surface area contributed by atoms with E-state index < -0.39 is 11.7 Å². The van der Waals surface area contributed by atoms with Crippen molar-refractivity contribution in [3.8, 4) is 0 Å². The average molecular weight is 275 g/mol. The number of hydrogen-bond donors (Lipinski definition) is 0. The smallest absolute Gasteiger partial charge is 0.252 e. The number of aromatic nitrogens is 1. The highest BCUT2D eigenvalue weighted by molar-refractivity contribution is 6.06. The predicted molar refractivity (Wildman–Crippen MR) is 73.6 cm³/mol. The molecule has 0 unspecified atom stereocenters. The maximum atomic E-state index is 13.2. The van der Waals surface area contributed by atoms with Crippen molar-refractivity contribution in [2.75, 3.05) is 0 Å². The van der Waals surface area contributed by atoms with Gasteiger partial charge in [-0.15, -0.1) is 0 Å². The minimum Gasteiger partial charge on any atom is -0.252 e. The van der Waals surface area contributed by atoms with Crippen molar-refractivity contribution in [2.45, 2.75) is 19.5 Å². The van der Waals surface area contributed by atoms with Gasteiger partial charge in [0.05, 0.1) is 11.1 Å². The average Bonchev–Trinajstić information content (AvgIpc) is 2.44. The van der Waals surface area contributed by atoms with Gasteiger partial charge < -0.3 is 0 Å². The first kappa shape index (κ1) is 12.9. The lowest BCUT2D eigenvalue weighted by atomic mass is 10.0. The van der Waals surface area contributed by atoms with Crippen molar-refractivity contribution in [2.24, 2.45) is 0 Å². The van der Waals surface area contributed by atoms with Crippen LogP contribution in [0, 0.1) is 0 Å². The number of pyridine rings is 1. The zero-order chi connectivity index (χ0) is 14.3. The van der Waals surface area contributed by atoms with E-state index in [0.717, 1.165) is 16.8 Å². The van der Waals surface area contributed by atoms with E-state index in [9.17, 15) is 13.2 Å². The summed E-state index contributed by atoms with van der Waals surface area (Å²) in [6, 6.07) is 11.7. The number of aryl methyl sites for hydroxylation is 1. The number of fused-ring (bicyclic) bond motifs is 3. The van der Waals surface area contributed by atoms with Gasteiger partial charge in [0.2, 0.25) is 0 Å². The Labute approximate surface area is 114 Å². The van der Waals surface area contributed by atoms with Crippen molar-refractivity contribution >= 4 is 21.7 Å². The molecule has 0 radical (unpaired) electrons. The Bertz CT molecular complexity index is 791. The Hall–Kier alpha value is -2.10. The van der Waals surface area contributed by atoms with E-state index in [0.29, 0.717) is 17.6 Å². The topological polar surface area (TPSA) is 12.9 Å². The SMILES string of the molecule is CCc1cc(C(F)(F)F)c2ccc3ccccc3c2n1. The number of hydrogen-bond acceptors (Lipinski definition) is 1. The second kappa shape index (κ2) is 4.47. The van der Waals surface area contributed by atoms with Crippen LogP contribution in [0.3, 0.4) is 0 Å². The summed E-state index contributed by atoms with van der Waals surface area (Å²) in [7, 11) is 0. The van der Waals surface area contributed by atoms with Gasteiger partial charge in [-0.05, 0) is 17.9 Å². The first-order chi connectivity index (χ1) is 9.50. The van der Waals surface area contributed by atoms with E-state index in [4.69, 9.17) is 0 Å². The lowest BCUT2D eigenvalue weighted by Gasteiger charge is -2.13. The molecule has 1 heterocycles. The van der Waals surface area contributed by atoms with E-state index in [-0.39, 0.29) is 5.39 Å². The Morgan fingerprint density at radius 3 is 2.45 bits per heavy atom. The molecule has 0 N–H and O–H groups in total. The minimum atomic E-state index is -4.37. The monoisotopic (exact) mass is 275 g/mol. The fraction of sp³-hybridized carbons (Fsp3) is 0.188. The molecule has 0 aliphatic carbocycles. The summed E-state index contributed by atoms with van der Waals surface area (Å²) in [6.45, 7) is 1.81. The molecule has 0 aliphatic rings. The summed E-state index contributed by atoms with van der Waals surface area (Å²) in [5, 5.41) is 1.81. The standard InChI is InChI=1S/C16H12F3N/c1-2-11-9-14(16(17,18)19)13-8-7-10-5-3-4-6-12(10)15(13)20-11/h3-9H,2H2,1H3. The first-order valence-corrected chi connectivity index (χ1v) is 6.39. The molecule has 0 atom stereocenters. The van der Waals surface area contributed by atoms with Crippen LogP contribution in [0.5, 0.6) is 0 Å². The molecular formula is C16H12F3N. The van der Waals surface area contributed by atoms with Crippen LogP contribution in [-0.4, -0.2) is 4.98 Å². The van der Waals surface area contributed by atoms with Gasteiger partial charge in [0, 0.05) is 16.5 Å². The molecular weight excluding hydrogens is 263 g/mol. The normalized spacial score (nSPS) is 12.2.